The van der Waals surface area contributed by atoms with Crippen LogP contribution in [0.1, 0.15) is 26.3 Å². The minimum absolute atomic E-state index is 0.542. The number of nitrogens with one attached hydrogen (secondary N) is 1. The van der Waals surface area contributed by atoms with Gasteiger partial charge in [-0.05, 0) is 36.9 Å². The molecule has 0 aliphatic rings. The van der Waals surface area contributed by atoms with Crippen LogP contribution < -0.4 is 10.1 Å². The molecule has 0 saturated heterocycles. The van der Waals surface area contributed by atoms with Crippen LogP contribution >= 0.6 is 0 Å². The van der Waals surface area contributed by atoms with E-state index in [2.05, 4.69) is 38.2 Å². The van der Waals surface area contributed by atoms with Gasteiger partial charge in [-0.2, -0.15) is 0 Å². The van der Waals surface area contributed by atoms with Gasteiger partial charge in [0.05, 0.1) is 7.11 Å². The minimum atomic E-state index is 0.542. The van der Waals surface area contributed by atoms with Crippen LogP contribution in [-0.2, 0) is 6.42 Å². The van der Waals surface area contributed by atoms with Crippen molar-refractivity contribution in [1.82, 2.24) is 5.32 Å². The molecule has 0 heterocycles. The van der Waals surface area contributed by atoms with Crippen molar-refractivity contribution in [1.29, 1.82) is 0 Å². The van der Waals surface area contributed by atoms with E-state index in [9.17, 15) is 0 Å². The van der Waals surface area contributed by atoms with Gasteiger partial charge in [-0.3, -0.25) is 0 Å². The highest BCUT2D eigenvalue weighted by Gasteiger charge is 2.20. The third kappa shape index (κ3) is 3.74. The molecule has 0 aliphatic carbocycles. The summed E-state index contributed by atoms with van der Waals surface area (Å²) in [6.07, 6.45) is 1.05. The number of hydrogen-bond donors (Lipinski definition) is 1. The molecule has 2 nitrogen and oxygen atoms in total. The summed E-state index contributed by atoms with van der Waals surface area (Å²) >= 11 is 0. The molecular weight excluding hydrogens is 210 g/mol. The van der Waals surface area contributed by atoms with Crippen molar-refractivity contribution in [3.05, 3.63) is 29.8 Å². The van der Waals surface area contributed by atoms with Crippen molar-refractivity contribution in [3.63, 3.8) is 0 Å². The first-order chi connectivity index (χ1) is 8.10. The molecule has 96 valence electrons. The lowest BCUT2D eigenvalue weighted by atomic mass is 9.87. The van der Waals surface area contributed by atoms with E-state index in [-0.39, 0.29) is 0 Å². The molecule has 17 heavy (non-hydrogen) atoms. The first kappa shape index (κ1) is 14.0. The molecular formula is C15H25NO. The molecule has 2 heteroatoms. The maximum Gasteiger partial charge on any atom is 0.122 e. The first-order valence-corrected chi connectivity index (χ1v) is 6.39. The van der Waals surface area contributed by atoms with E-state index in [0.29, 0.717) is 17.9 Å². The number of rotatable bonds is 6. The molecule has 0 bridgehead atoms. The summed E-state index contributed by atoms with van der Waals surface area (Å²) in [5.74, 6) is 2.24. The fraction of sp³-hybridized carbons (Fsp3) is 0.600. The van der Waals surface area contributed by atoms with E-state index in [1.165, 1.54) is 5.56 Å². The van der Waals surface area contributed by atoms with Crippen LogP contribution in [0.2, 0.25) is 0 Å². The number of methoxy groups -OCH3 is 1. The number of hydrogen-bond acceptors (Lipinski definition) is 2. The fourth-order valence-corrected chi connectivity index (χ4v) is 2.62. The number of para-hydroxylation sites is 1. The Kier molecular flexibility index (Phi) is 5.49. The average Bonchev–Trinajstić information content (AvgIpc) is 2.30. The zero-order chi connectivity index (χ0) is 12.8. The van der Waals surface area contributed by atoms with Gasteiger partial charge in [0.15, 0.2) is 0 Å². The molecule has 1 aromatic rings. The van der Waals surface area contributed by atoms with Crippen LogP contribution in [0.25, 0.3) is 0 Å². The zero-order valence-corrected chi connectivity index (χ0v) is 11.7. The summed E-state index contributed by atoms with van der Waals surface area (Å²) in [4.78, 5) is 0. The molecule has 0 fully saturated rings. The molecule has 0 radical (unpaired) electrons. The van der Waals surface area contributed by atoms with Gasteiger partial charge < -0.3 is 10.1 Å². The topological polar surface area (TPSA) is 21.3 Å². The normalized spacial score (nSPS) is 14.7. The molecule has 2 atom stereocenters. The Balaban J connectivity index is 2.76. The standard InChI is InChI=1S/C15H25NO/c1-11(2)15(16-4)12(3)10-13-8-6-7-9-14(13)17-5/h6-9,11-12,15-16H,10H2,1-5H3. The van der Waals surface area contributed by atoms with Crippen molar-refractivity contribution in [2.24, 2.45) is 11.8 Å². The Labute approximate surface area is 105 Å². The van der Waals surface area contributed by atoms with Gasteiger partial charge in [-0.15, -0.1) is 0 Å². The lowest BCUT2D eigenvalue weighted by Gasteiger charge is -2.27. The Morgan fingerprint density at radius 2 is 1.82 bits per heavy atom. The van der Waals surface area contributed by atoms with Crippen molar-refractivity contribution in [2.75, 3.05) is 14.2 Å². The van der Waals surface area contributed by atoms with E-state index >= 15 is 0 Å². The monoisotopic (exact) mass is 235 g/mol. The third-order valence-electron chi connectivity index (χ3n) is 3.40. The highest BCUT2D eigenvalue weighted by Crippen LogP contribution is 2.24. The van der Waals surface area contributed by atoms with Crippen LogP contribution in [-0.4, -0.2) is 20.2 Å². The summed E-state index contributed by atoms with van der Waals surface area (Å²) in [6.45, 7) is 6.83. The Morgan fingerprint density at radius 3 is 2.35 bits per heavy atom. The predicted molar refractivity (Wildman–Crippen MR) is 73.5 cm³/mol. The third-order valence-corrected chi connectivity index (χ3v) is 3.40. The molecule has 0 saturated carbocycles. The van der Waals surface area contributed by atoms with Crippen molar-refractivity contribution in [3.8, 4) is 5.75 Å². The number of benzene rings is 1. The smallest absolute Gasteiger partial charge is 0.122 e. The lowest BCUT2D eigenvalue weighted by molar-refractivity contribution is 0.310. The Hall–Kier alpha value is -1.02. The quantitative estimate of drug-likeness (QED) is 0.818. The summed E-state index contributed by atoms with van der Waals surface area (Å²) < 4.78 is 5.40. The maximum absolute atomic E-state index is 5.40. The highest BCUT2D eigenvalue weighted by molar-refractivity contribution is 5.33. The van der Waals surface area contributed by atoms with Gasteiger partial charge in [-0.25, -0.2) is 0 Å². The Bertz CT molecular complexity index is 335. The molecule has 1 rings (SSSR count). The maximum atomic E-state index is 5.40. The van der Waals surface area contributed by atoms with Crippen LogP contribution in [0.5, 0.6) is 5.75 Å². The van der Waals surface area contributed by atoms with Crippen LogP contribution in [0.15, 0.2) is 24.3 Å². The van der Waals surface area contributed by atoms with Crippen LogP contribution in [0.3, 0.4) is 0 Å². The molecule has 2 unspecified atom stereocenters. The van der Waals surface area contributed by atoms with E-state index < -0.39 is 0 Å². The minimum Gasteiger partial charge on any atom is -0.496 e. The largest absolute Gasteiger partial charge is 0.496 e. The summed E-state index contributed by atoms with van der Waals surface area (Å²) in [7, 11) is 3.78. The number of ether oxygens (including phenoxy) is 1. The average molecular weight is 235 g/mol. The van der Waals surface area contributed by atoms with Crippen molar-refractivity contribution in [2.45, 2.75) is 33.2 Å². The highest BCUT2D eigenvalue weighted by atomic mass is 16.5. The van der Waals surface area contributed by atoms with Gasteiger partial charge in [0.1, 0.15) is 5.75 Å². The van der Waals surface area contributed by atoms with E-state index in [1.54, 1.807) is 7.11 Å². The van der Waals surface area contributed by atoms with Crippen molar-refractivity contribution >= 4 is 0 Å². The van der Waals surface area contributed by atoms with Gasteiger partial charge in [0.25, 0.3) is 0 Å². The second-order valence-electron chi connectivity index (χ2n) is 5.05. The first-order valence-electron chi connectivity index (χ1n) is 6.39. The predicted octanol–water partition coefficient (Wildman–Crippen LogP) is 3.12. The lowest BCUT2D eigenvalue weighted by Crippen LogP contribution is -2.37. The molecule has 0 aromatic heterocycles. The second kappa shape index (κ2) is 6.65. The van der Waals surface area contributed by atoms with Crippen LogP contribution in [0.4, 0.5) is 0 Å². The summed E-state index contributed by atoms with van der Waals surface area (Å²) in [6, 6.07) is 8.83. The molecule has 1 N–H and O–H groups in total. The molecule has 0 aliphatic heterocycles. The Morgan fingerprint density at radius 1 is 1.18 bits per heavy atom. The van der Waals surface area contributed by atoms with E-state index in [4.69, 9.17) is 4.74 Å². The second-order valence-corrected chi connectivity index (χ2v) is 5.05. The SMILES string of the molecule is CNC(C(C)C)C(C)Cc1ccccc1OC. The molecule has 1 aromatic carbocycles. The molecule has 0 amide bonds. The fourth-order valence-electron chi connectivity index (χ4n) is 2.62. The summed E-state index contributed by atoms with van der Waals surface area (Å²) in [5.41, 5.74) is 1.29. The van der Waals surface area contributed by atoms with Crippen LogP contribution in [0, 0.1) is 11.8 Å². The van der Waals surface area contributed by atoms with Gasteiger partial charge in [0.2, 0.25) is 0 Å². The van der Waals surface area contributed by atoms with E-state index in [0.717, 1.165) is 12.2 Å². The molecule has 0 spiro atoms. The van der Waals surface area contributed by atoms with Gasteiger partial charge >= 0.3 is 0 Å². The summed E-state index contributed by atoms with van der Waals surface area (Å²) in [5, 5.41) is 3.42. The van der Waals surface area contributed by atoms with Gasteiger partial charge in [0, 0.05) is 6.04 Å². The zero-order valence-electron chi connectivity index (χ0n) is 11.7. The van der Waals surface area contributed by atoms with Crippen molar-refractivity contribution < 1.29 is 4.74 Å². The van der Waals surface area contributed by atoms with Gasteiger partial charge in [-0.1, -0.05) is 39.0 Å². The van der Waals surface area contributed by atoms with E-state index in [1.807, 2.05) is 19.2 Å².